The van der Waals surface area contributed by atoms with E-state index in [0.29, 0.717) is 18.7 Å². The molecule has 24 heavy (non-hydrogen) atoms. The van der Waals surface area contributed by atoms with E-state index in [-0.39, 0.29) is 18.2 Å². The lowest BCUT2D eigenvalue weighted by atomic mass is 10.0. The molecule has 0 radical (unpaired) electrons. The molecule has 1 aliphatic rings. The summed E-state index contributed by atoms with van der Waals surface area (Å²) in [5, 5.41) is 8.96. The molecular weight excluding hydrogens is 302 g/mol. The standard InChI is InChI=1S/C19H27N3O2/c1-6-16-13-21(18(23)24-19(3,4)5)12-14(2)22(16)17-9-7-15(11-20)8-10-17/h7-10,14,16H,6,12-13H2,1-5H3. The normalized spacial score (nSPS) is 21.3. The highest BCUT2D eigenvalue weighted by Crippen LogP contribution is 2.27. The van der Waals surface area contributed by atoms with E-state index in [9.17, 15) is 4.79 Å². The Morgan fingerprint density at radius 2 is 1.92 bits per heavy atom. The fourth-order valence-corrected chi connectivity index (χ4v) is 3.16. The van der Waals surface area contributed by atoms with Gasteiger partial charge in [0.05, 0.1) is 11.6 Å². The first-order valence-electron chi connectivity index (χ1n) is 8.51. The van der Waals surface area contributed by atoms with Crippen LogP contribution in [0.15, 0.2) is 24.3 Å². The maximum absolute atomic E-state index is 12.4. The SMILES string of the molecule is CCC1CN(C(=O)OC(C)(C)C)CC(C)N1c1ccc(C#N)cc1. The van der Waals surface area contributed by atoms with Gasteiger partial charge in [-0.25, -0.2) is 4.79 Å². The smallest absolute Gasteiger partial charge is 0.410 e. The molecular formula is C19H27N3O2. The van der Waals surface area contributed by atoms with E-state index >= 15 is 0 Å². The molecule has 1 aliphatic heterocycles. The molecule has 0 spiro atoms. The van der Waals surface area contributed by atoms with Crippen molar-refractivity contribution in [1.82, 2.24) is 4.90 Å². The van der Waals surface area contributed by atoms with Gasteiger partial charge in [-0.3, -0.25) is 0 Å². The van der Waals surface area contributed by atoms with Crippen LogP contribution in [0.2, 0.25) is 0 Å². The molecule has 0 aromatic heterocycles. The predicted octanol–water partition coefficient (Wildman–Crippen LogP) is 3.78. The molecule has 0 bridgehead atoms. The Morgan fingerprint density at radius 1 is 1.29 bits per heavy atom. The van der Waals surface area contributed by atoms with Crippen molar-refractivity contribution in [2.45, 2.75) is 58.7 Å². The van der Waals surface area contributed by atoms with Crippen molar-refractivity contribution in [2.75, 3.05) is 18.0 Å². The van der Waals surface area contributed by atoms with Crippen LogP contribution >= 0.6 is 0 Å². The van der Waals surface area contributed by atoms with E-state index < -0.39 is 5.60 Å². The summed E-state index contributed by atoms with van der Waals surface area (Å²) in [6.07, 6.45) is 0.691. The third-order valence-corrected chi connectivity index (χ3v) is 4.20. The van der Waals surface area contributed by atoms with Crippen molar-refractivity contribution in [1.29, 1.82) is 5.26 Å². The molecule has 2 rings (SSSR count). The molecule has 0 saturated carbocycles. The second kappa shape index (κ2) is 7.12. The number of nitriles is 1. The molecule has 2 unspecified atom stereocenters. The van der Waals surface area contributed by atoms with Crippen LogP contribution in [0.5, 0.6) is 0 Å². The molecule has 1 aromatic carbocycles. The Hall–Kier alpha value is -2.22. The van der Waals surface area contributed by atoms with Crippen molar-refractivity contribution < 1.29 is 9.53 Å². The summed E-state index contributed by atoms with van der Waals surface area (Å²) in [5.41, 5.74) is 1.27. The highest BCUT2D eigenvalue weighted by Gasteiger charge is 2.35. The van der Waals surface area contributed by atoms with Crippen LogP contribution in [-0.2, 0) is 4.74 Å². The second-order valence-corrected chi connectivity index (χ2v) is 7.36. The third-order valence-electron chi connectivity index (χ3n) is 4.20. The first-order chi connectivity index (χ1) is 11.2. The molecule has 1 fully saturated rings. The summed E-state index contributed by atoms with van der Waals surface area (Å²) in [4.78, 5) is 16.6. The molecule has 1 amide bonds. The van der Waals surface area contributed by atoms with Gasteiger partial charge in [-0.2, -0.15) is 5.26 Å². The number of benzene rings is 1. The predicted molar refractivity (Wildman–Crippen MR) is 95.0 cm³/mol. The lowest BCUT2D eigenvalue weighted by Gasteiger charge is -2.47. The van der Waals surface area contributed by atoms with Gasteiger partial charge in [-0.05, 0) is 58.4 Å². The minimum absolute atomic E-state index is 0.184. The van der Waals surface area contributed by atoms with Crippen LogP contribution in [0, 0.1) is 11.3 Å². The van der Waals surface area contributed by atoms with Crippen LogP contribution in [0.4, 0.5) is 10.5 Å². The van der Waals surface area contributed by atoms with Gasteiger partial charge in [0.25, 0.3) is 0 Å². The van der Waals surface area contributed by atoms with Crippen molar-refractivity contribution >= 4 is 11.8 Å². The monoisotopic (exact) mass is 329 g/mol. The summed E-state index contributed by atoms with van der Waals surface area (Å²) >= 11 is 0. The van der Waals surface area contributed by atoms with Crippen LogP contribution in [0.3, 0.4) is 0 Å². The zero-order valence-corrected chi connectivity index (χ0v) is 15.2. The maximum Gasteiger partial charge on any atom is 0.410 e. The molecule has 0 N–H and O–H groups in total. The Kier molecular flexibility index (Phi) is 5.38. The summed E-state index contributed by atoms with van der Waals surface area (Å²) < 4.78 is 5.52. The zero-order chi connectivity index (χ0) is 17.9. The minimum Gasteiger partial charge on any atom is -0.444 e. The van der Waals surface area contributed by atoms with Gasteiger partial charge in [-0.15, -0.1) is 0 Å². The van der Waals surface area contributed by atoms with Crippen molar-refractivity contribution in [2.24, 2.45) is 0 Å². The molecule has 2 atom stereocenters. The number of nitrogens with zero attached hydrogens (tertiary/aromatic N) is 3. The molecule has 130 valence electrons. The fourth-order valence-electron chi connectivity index (χ4n) is 3.16. The number of rotatable bonds is 2. The average Bonchev–Trinajstić information content (AvgIpc) is 2.52. The number of hydrogen-bond acceptors (Lipinski definition) is 4. The van der Waals surface area contributed by atoms with Gasteiger partial charge >= 0.3 is 6.09 Å². The highest BCUT2D eigenvalue weighted by molar-refractivity contribution is 5.69. The molecule has 5 heteroatoms. The lowest BCUT2D eigenvalue weighted by molar-refractivity contribution is 0.0186. The van der Waals surface area contributed by atoms with Gasteiger partial charge in [0.2, 0.25) is 0 Å². The third kappa shape index (κ3) is 4.19. The van der Waals surface area contributed by atoms with Crippen molar-refractivity contribution in [3.8, 4) is 6.07 Å². The van der Waals surface area contributed by atoms with Crippen LogP contribution in [-0.4, -0.2) is 41.8 Å². The van der Waals surface area contributed by atoms with Crippen LogP contribution in [0.1, 0.15) is 46.6 Å². The van der Waals surface area contributed by atoms with E-state index in [1.165, 1.54) is 0 Å². The van der Waals surface area contributed by atoms with Crippen molar-refractivity contribution in [3.05, 3.63) is 29.8 Å². The summed E-state index contributed by atoms with van der Waals surface area (Å²) in [7, 11) is 0. The lowest BCUT2D eigenvalue weighted by Crippen LogP contribution is -2.59. The molecule has 5 nitrogen and oxygen atoms in total. The number of piperazine rings is 1. The summed E-state index contributed by atoms with van der Waals surface area (Å²) in [6, 6.07) is 10.2. The van der Waals surface area contributed by atoms with Gasteiger partial charge in [0.1, 0.15) is 5.60 Å². The number of hydrogen-bond donors (Lipinski definition) is 0. The van der Waals surface area contributed by atoms with E-state index in [2.05, 4.69) is 24.8 Å². The summed E-state index contributed by atoms with van der Waals surface area (Å²) in [6.45, 7) is 11.2. The highest BCUT2D eigenvalue weighted by atomic mass is 16.6. The Morgan fingerprint density at radius 3 is 2.42 bits per heavy atom. The van der Waals surface area contributed by atoms with Crippen molar-refractivity contribution in [3.63, 3.8) is 0 Å². The summed E-state index contributed by atoms with van der Waals surface area (Å²) in [5.74, 6) is 0. The van der Waals surface area contributed by atoms with E-state index in [0.717, 1.165) is 12.1 Å². The largest absolute Gasteiger partial charge is 0.444 e. The number of carbonyl (C=O) groups is 1. The minimum atomic E-state index is -0.480. The van der Waals surface area contributed by atoms with Gasteiger partial charge in [-0.1, -0.05) is 6.92 Å². The van der Waals surface area contributed by atoms with E-state index in [1.807, 2.05) is 49.9 Å². The number of carbonyl (C=O) groups excluding carboxylic acids is 1. The fraction of sp³-hybridized carbons (Fsp3) is 0.579. The van der Waals surface area contributed by atoms with E-state index in [1.54, 1.807) is 0 Å². The zero-order valence-electron chi connectivity index (χ0n) is 15.2. The number of anilines is 1. The van der Waals surface area contributed by atoms with Crippen LogP contribution < -0.4 is 4.90 Å². The van der Waals surface area contributed by atoms with E-state index in [4.69, 9.17) is 10.00 Å². The maximum atomic E-state index is 12.4. The first-order valence-corrected chi connectivity index (χ1v) is 8.51. The number of ether oxygens (including phenoxy) is 1. The second-order valence-electron chi connectivity index (χ2n) is 7.36. The Bertz CT molecular complexity index is 613. The average molecular weight is 329 g/mol. The molecule has 1 heterocycles. The Balaban J connectivity index is 2.16. The Labute approximate surface area is 144 Å². The molecule has 1 saturated heterocycles. The quantitative estimate of drug-likeness (QED) is 0.828. The molecule has 1 aromatic rings. The van der Waals surface area contributed by atoms with Crippen LogP contribution in [0.25, 0.3) is 0 Å². The molecule has 0 aliphatic carbocycles. The number of amides is 1. The van der Waals surface area contributed by atoms with Gasteiger partial charge in [0, 0.05) is 30.9 Å². The van der Waals surface area contributed by atoms with Gasteiger partial charge in [0.15, 0.2) is 0 Å². The topological polar surface area (TPSA) is 56.6 Å². The first kappa shape index (κ1) is 18.1. The van der Waals surface area contributed by atoms with Gasteiger partial charge < -0.3 is 14.5 Å².